The van der Waals surface area contributed by atoms with Crippen molar-refractivity contribution in [3.63, 3.8) is 0 Å². The van der Waals surface area contributed by atoms with Gasteiger partial charge in [-0.25, -0.2) is 9.67 Å². The molecule has 4 fully saturated rings. The molecule has 0 radical (unpaired) electrons. The van der Waals surface area contributed by atoms with E-state index in [0.29, 0.717) is 29.4 Å². The van der Waals surface area contributed by atoms with Gasteiger partial charge in [0.25, 0.3) is 0 Å². The standard InChI is InChI=1S/C22H24ClN5O2/c1-29-17-4-2-14(3-5-17)7-18-25-26-19(30-18)21-8-15-6-16(9-21)11-22(10-15,12-21)28-13-24-20(23)27-28/h2-5,13,15-16H,6-12H2,1H3/t15-,16-,21?,22?/m1/s1. The predicted octanol–water partition coefficient (Wildman–Crippen LogP) is 4.16. The van der Waals surface area contributed by atoms with Crippen LogP contribution in [-0.2, 0) is 17.4 Å². The van der Waals surface area contributed by atoms with Crippen LogP contribution in [-0.4, -0.2) is 32.1 Å². The fraction of sp³-hybridized carbons (Fsp3) is 0.545. The Labute approximate surface area is 179 Å². The third-order valence-corrected chi connectivity index (χ3v) is 7.59. The van der Waals surface area contributed by atoms with Crippen LogP contribution in [0, 0.1) is 11.8 Å². The molecule has 7 rings (SSSR count). The second-order valence-corrected chi connectivity index (χ2v) is 9.79. The summed E-state index contributed by atoms with van der Waals surface area (Å²) >= 11 is 6.06. The molecule has 4 bridgehead atoms. The summed E-state index contributed by atoms with van der Waals surface area (Å²) in [6.07, 6.45) is 9.21. The molecule has 4 aliphatic carbocycles. The summed E-state index contributed by atoms with van der Waals surface area (Å²) in [6, 6.07) is 7.99. The molecule has 8 heteroatoms. The van der Waals surface area contributed by atoms with Gasteiger partial charge in [0.1, 0.15) is 12.1 Å². The molecule has 30 heavy (non-hydrogen) atoms. The topological polar surface area (TPSA) is 78.9 Å². The van der Waals surface area contributed by atoms with Crippen molar-refractivity contribution >= 4 is 11.6 Å². The number of hydrogen-bond acceptors (Lipinski definition) is 6. The van der Waals surface area contributed by atoms with Crippen molar-refractivity contribution in [1.82, 2.24) is 25.0 Å². The molecule has 0 aliphatic heterocycles. The molecule has 2 atom stereocenters. The quantitative estimate of drug-likeness (QED) is 0.610. The number of hydrogen-bond donors (Lipinski definition) is 0. The number of ether oxygens (including phenoxy) is 1. The number of halogens is 1. The normalized spacial score (nSPS) is 31.9. The van der Waals surface area contributed by atoms with E-state index in [1.807, 2.05) is 28.9 Å². The van der Waals surface area contributed by atoms with Crippen molar-refractivity contribution in [3.05, 3.63) is 53.2 Å². The maximum atomic E-state index is 6.29. The van der Waals surface area contributed by atoms with Gasteiger partial charge in [0.05, 0.1) is 24.5 Å². The third-order valence-electron chi connectivity index (χ3n) is 7.42. The zero-order valence-corrected chi connectivity index (χ0v) is 17.7. The minimum Gasteiger partial charge on any atom is -0.497 e. The average molecular weight is 426 g/mol. The monoisotopic (exact) mass is 425 g/mol. The molecule has 0 saturated heterocycles. The molecule has 1 aromatic carbocycles. The van der Waals surface area contributed by atoms with Crippen molar-refractivity contribution in [3.8, 4) is 5.75 Å². The van der Waals surface area contributed by atoms with Gasteiger partial charge in [0.2, 0.25) is 17.1 Å². The van der Waals surface area contributed by atoms with E-state index in [0.717, 1.165) is 49.3 Å². The zero-order valence-electron chi connectivity index (χ0n) is 16.9. The van der Waals surface area contributed by atoms with Gasteiger partial charge < -0.3 is 9.15 Å². The lowest BCUT2D eigenvalue weighted by molar-refractivity contribution is -0.0775. The molecule has 0 spiro atoms. The summed E-state index contributed by atoms with van der Waals surface area (Å²) in [4.78, 5) is 4.19. The first kappa shape index (κ1) is 18.4. The fourth-order valence-corrected chi connectivity index (χ4v) is 6.79. The highest BCUT2D eigenvalue weighted by atomic mass is 35.5. The molecule has 4 saturated carbocycles. The van der Waals surface area contributed by atoms with Gasteiger partial charge in [-0.1, -0.05) is 12.1 Å². The maximum absolute atomic E-state index is 6.29. The van der Waals surface area contributed by atoms with E-state index in [1.54, 1.807) is 13.4 Å². The Morgan fingerprint density at radius 1 is 1.13 bits per heavy atom. The molecule has 156 valence electrons. The largest absolute Gasteiger partial charge is 0.497 e. The van der Waals surface area contributed by atoms with E-state index in [1.165, 1.54) is 6.42 Å². The number of rotatable bonds is 5. The van der Waals surface area contributed by atoms with E-state index in [4.69, 9.17) is 20.8 Å². The zero-order chi connectivity index (χ0) is 20.3. The van der Waals surface area contributed by atoms with Crippen molar-refractivity contribution in [2.24, 2.45) is 11.8 Å². The van der Waals surface area contributed by atoms with E-state index in [2.05, 4.69) is 20.3 Å². The second kappa shape index (κ2) is 6.54. The molecule has 7 nitrogen and oxygen atoms in total. The Morgan fingerprint density at radius 3 is 2.57 bits per heavy atom. The summed E-state index contributed by atoms with van der Waals surface area (Å²) in [5, 5.41) is 13.8. The van der Waals surface area contributed by atoms with Gasteiger partial charge in [-0.2, -0.15) is 0 Å². The van der Waals surface area contributed by atoms with E-state index in [9.17, 15) is 0 Å². The first-order valence-corrected chi connectivity index (χ1v) is 11.0. The van der Waals surface area contributed by atoms with Crippen LogP contribution in [0.15, 0.2) is 35.0 Å². The van der Waals surface area contributed by atoms with Crippen molar-refractivity contribution in [2.75, 3.05) is 7.11 Å². The Kier molecular flexibility index (Phi) is 4.01. The van der Waals surface area contributed by atoms with Gasteiger partial charge >= 0.3 is 0 Å². The van der Waals surface area contributed by atoms with Gasteiger partial charge in [0.15, 0.2) is 0 Å². The summed E-state index contributed by atoms with van der Waals surface area (Å²) in [5.74, 6) is 3.63. The predicted molar refractivity (Wildman–Crippen MR) is 109 cm³/mol. The van der Waals surface area contributed by atoms with E-state index in [-0.39, 0.29) is 11.0 Å². The average Bonchev–Trinajstić information content (AvgIpc) is 3.38. The molecule has 0 amide bonds. The van der Waals surface area contributed by atoms with Crippen molar-refractivity contribution < 1.29 is 9.15 Å². The second-order valence-electron chi connectivity index (χ2n) is 9.45. The van der Waals surface area contributed by atoms with Crippen LogP contribution in [0.4, 0.5) is 0 Å². The minimum absolute atomic E-state index is 0.0329. The Morgan fingerprint density at radius 2 is 1.90 bits per heavy atom. The molecule has 2 heterocycles. The van der Waals surface area contributed by atoms with Gasteiger partial charge in [-0.3, -0.25) is 0 Å². The lowest BCUT2D eigenvalue weighted by Crippen LogP contribution is -2.58. The first-order valence-electron chi connectivity index (χ1n) is 10.6. The van der Waals surface area contributed by atoms with Crippen LogP contribution >= 0.6 is 11.6 Å². The number of benzene rings is 1. The molecule has 0 N–H and O–H groups in total. The maximum Gasteiger partial charge on any atom is 0.242 e. The summed E-state index contributed by atoms with van der Waals surface area (Å²) in [7, 11) is 1.67. The lowest BCUT2D eigenvalue weighted by Gasteiger charge is -2.60. The van der Waals surface area contributed by atoms with Crippen LogP contribution in [0.1, 0.15) is 55.9 Å². The number of methoxy groups -OCH3 is 1. The third kappa shape index (κ3) is 2.86. The number of nitrogens with zero attached hydrogens (tertiary/aromatic N) is 5. The highest BCUT2D eigenvalue weighted by Gasteiger charge is 2.61. The van der Waals surface area contributed by atoms with Crippen LogP contribution in [0.3, 0.4) is 0 Å². The minimum atomic E-state index is -0.0618. The summed E-state index contributed by atoms with van der Waals surface area (Å²) in [6.45, 7) is 0. The van der Waals surface area contributed by atoms with E-state index >= 15 is 0 Å². The molecule has 0 unspecified atom stereocenters. The van der Waals surface area contributed by atoms with Crippen LogP contribution < -0.4 is 4.74 Å². The molecule has 2 aromatic heterocycles. The summed E-state index contributed by atoms with van der Waals surface area (Å²) in [5.41, 5.74) is 1.04. The molecule has 3 aromatic rings. The van der Waals surface area contributed by atoms with Crippen molar-refractivity contribution in [1.29, 1.82) is 0 Å². The van der Waals surface area contributed by atoms with E-state index < -0.39 is 0 Å². The highest BCUT2D eigenvalue weighted by molar-refractivity contribution is 6.28. The smallest absolute Gasteiger partial charge is 0.242 e. The van der Waals surface area contributed by atoms with Gasteiger partial charge in [-0.05, 0) is 79.7 Å². The van der Waals surface area contributed by atoms with Crippen LogP contribution in [0.2, 0.25) is 5.28 Å². The Hall–Kier alpha value is -2.41. The van der Waals surface area contributed by atoms with Crippen LogP contribution in [0.5, 0.6) is 5.75 Å². The number of aromatic nitrogens is 5. The lowest BCUT2D eigenvalue weighted by atomic mass is 9.47. The summed E-state index contributed by atoms with van der Waals surface area (Å²) < 4.78 is 13.6. The Bertz CT molecular complexity index is 1060. The highest BCUT2D eigenvalue weighted by Crippen LogP contribution is 2.64. The Balaban J connectivity index is 1.30. The van der Waals surface area contributed by atoms with Crippen molar-refractivity contribution in [2.45, 2.75) is 55.9 Å². The first-order chi connectivity index (χ1) is 14.6. The fourth-order valence-electron chi connectivity index (χ4n) is 6.66. The van der Waals surface area contributed by atoms with Gasteiger partial charge in [0, 0.05) is 0 Å². The molecular weight excluding hydrogens is 402 g/mol. The van der Waals surface area contributed by atoms with Crippen LogP contribution in [0.25, 0.3) is 0 Å². The molecule has 4 aliphatic rings. The SMILES string of the molecule is COc1ccc(Cc2nnc(C34C[C@H]5C[C@H](C3)CC(n3cnc(Cl)n3)(C5)C4)o2)cc1. The molecular formula is C22H24ClN5O2. The van der Waals surface area contributed by atoms with Gasteiger partial charge in [-0.15, -0.1) is 15.3 Å².